The third-order valence-corrected chi connectivity index (χ3v) is 1.70. The molecule has 0 aromatic carbocycles. The molecule has 0 aromatic rings. The van der Waals surface area contributed by atoms with E-state index in [4.69, 9.17) is 0 Å². The van der Waals surface area contributed by atoms with Gasteiger partial charge in [-0.2, -0.15) is 8.78 Å². The molecule has 3 nitrogen and oxygen atoms in total. The second-order valence-electron chi connectivity index (χ2n) is 2.01. The lowest BCUT2D eigenvalue weighted by Crippen LogP contribution is -2.27. The van der Waals surface area contributed by atoms with Gasteiger partial charge in [-0.3, -0.25) is 0 Å². The second-order valence-corrected chi connectivity index (χ2v) is 3.07. The first-order chi connectivity index (χ1) is 5.38. The van der Waals surface area contributed by atoms with E-state index in [1.54, 1.807) is 0 Å². The van der Waals surface area contributed by atoms with Gasteiger partial charge in [0.1, 0.15) is 6.61 Å². The summed E-state index contributed by atoms with van der Waals surface area (Å²) in [6.45, 7) is 2.67. The maximum Gasteiger partial charge on any atom is 0.404 e. The number of primary amides is 1. The number of nitrogens with two attached hydrogens (primary N) is 1. The molecular weight excluding hydrogens is 236 g/mol. The molecule has 0 rings (SSSR count). The molecule has 6 heteroatoms. The minimum atomic E-state index is -3.13. The lowest BCUT2D eigenvalue weighted by atomic mass is 10.2. The quantitative estimate of drug-likeness (QED) is 0.606. The minimum absolute atomic E-state index is 0.489. The molecule has 0 aliphatic heterocycles. The van der Waals surface area contributed by atoms with E-state index >= 15 is 0 Å². The van der Waals surface area contributed by atoms with Crippen molar-refractivity contribution in [3.63, 3.8) is 0 Å². The fourth-order valence-corrected chi connectivity index (χ4v) is 0.787. The Hall–Kier alpha value is -0.650. The summed E-state index contributed by atoms with van der Waals surface area (Å²) in [5, 5.41) is 0. The van der Waals surface area contributed by atoms with E-state index in [9.17, 15) is 13.6 Å². The summed E-state index contributed by atoms with van der Waals surface area (Å²) < 4.78 is 29.1. The number of amides is 1. The number of ether oxygens (including phenoxy) is 1. The predicted molar refractivity (Wildman–Crippen MR) is 43.1 cm³/mol. The van der Waals surface area contributed by atoms with Gasteiger partial charge in [0.05, 0.1) is 5.92 Å². The van der Waals surface area contributed by atoms with E-state index in [2.05, 4.69) is 33.0 Å². The van der Waals surface area contributed by atoms with Crippen LogP contribution in [0.25, 0.3) is 0 Å². The van der Waals surface area contributed by atoms with Crippen LogP contribution in [0.1, 0.15) is 0 Å². The topological polar surface area (TPSA) is 52.3 Å². The fraction of sp³-hybridized carbons (Fsp3) is 0.500. The predicted octanol–water partition coefficient (Wildman–Crippen LogP) is 1.87. The van der Waals surface area contributed by atoms with Gasteiger partial charge in [-0.1, -0.05) is 6.08 Å². The summed E-state index contributed by atoms with van der Waals surface area (Å²) in [4.78, 5) is 6.92. The zero-order chi connectivity index (χ0) is 9.78. The summed E-state index contributed by atoms with van der Waals surface area (Å²) in [6, 6.07) is 0. The van der Waals surface area contributed by atoms with Gasteiger partial charge in [-0.05, 0) is 15.9 Å². The van der Waals surface area contributed by atoms with E-state index in [1.165, 1.54) is 0 Å². The van der Waals surface area contributed by atoms with Gasteiger partial charge in [0.25, 0.3) is 0 Å². The van der Waals surface area contributed by atoms with Crippen LogP contribution in [-0.2, 0) is 4.74 Å². The van der Waals surface area contributed by atoms with Crippen LogP contribution >= 0.6 is 15.9 Å². The number of hydrogen-bond donors (Lipinski definition) is 1. The van der Waals surface area contributed by atoms with Gasteiger partial charge < -0.3 is 10.5 Å². The number of alkyl halides is 3. The third-order valence-electron chi connectivity index (χ3n) is 1.11. The highest BCUT2D eigenvalue weighted by Gasteiger charge is 2.34. The lowest BCUT2D eigenvalue weighted by Gasteiger charge is -2.17. The van der Waals surface area contributed by atoms with Crippen LogP contribution in [0, 0.1) is 5.92 Å². The standard InChI is InChI=1S/C6H8BrF2NO2/c1-2-4(6(7,8)9)3-12-5(10)11/h2,4H,1,3H2,(H2,10,11). The molecule has 12 heavy (non-hydrogen) atoms. The molecule has 0 aromatic heterocycles. The minimum Gasteiger partial charge on any atom is -0.449 e. The molecular formula is C6H8BrF2NO2. The molecule has 1 atom stereocenters. The fourth-order valence-electron chi connectivity index (χ4n) is 0.468. The highest BCUT2D eigenvalue weighted by Crippen LogP contribution is 2.32. The summed E-state index contributed by atoms with van der Waals surface area (Å²) in [6.07, 6.45) is -0.101. The third kappa shape index (κ3) is 4.27. The van der Waals surface area contributed by atoms with Crippen molar-refractivity contribution < 1.29 is 18.3 Å². The Kier molecular flexibility index (Phi) is 4.16. The Labute approximate surface area is 76.7 Å². The van der Waals surface area contributed by atoms with Gasteiger partial charge in [0, 0.05) is 0 Å². The molecule has 0 spiro atoms. The van der Waals surface area contributed by atoms with Crippen LogP contribution in [0.3, 0.4) is 0 Å². The molecule has 0 saturated carbocycles. The van der Waals surface area contributed by atoms with Crippen molar-refractivity contribution in [3.05, 3.63) is 12.7 Å². The Morgan fingerprint density at radius 1 is 1.83 bits per heavy atom. The Morgan fingerprint density at radius 3 is 2.58 bits per heavy atom. The van der Waals surface area contributed by atoms with Gasteiger partial charge in [0.15, 0.2) is 0 Å². The van der Waals surface area contributed by atoms with Crippen molar-refractivity contribution in [2.45, 2.75) is 4.83 Å². The Bertz CT molecular complexity index is 181. The summed E-state index contributed by atoms with van der Waals surface area (Å²) in [7, 11) is 0. The van der Waals surface area contributed by atoms with Crippen molar-refractivity contribution in [1.29, 1.82) is 0 Å². The first kappa shape index (κ1) is 11.4. The van der Waals surface area contributed by atoms with Crippen LogP contribution in [0.2, 0.25) is 0 Å². The van der Waals surface area contributed by atoms with Gasteiger partial charge in [-0.15, -0.1) is 6.58 Å². The second kappa shape index (κ2) is 4.39. The number of hydrogen-bond acceptors (Lipinski definition) is 2. The molecule has 2 N–H and O–H groups in total. The lowest BCUT2D eigenvalue weighted by molar-refractivity contribution is 0.0326. The largest absolute Gasteiger partial charge is 0.449 e. The van der Waals surface area contributed by atoms with Gasteiger partial charge >= 0.3 is 10.9 Å². The highest BCUT2D eigenvalue weighted by atomic mass is 79.9. The smallest absolute Gasteiger partial charge is 0.404 e. The molecule has 0 heterocycles. The van der Waals surface area contributed by atoms with Crippen molar-refractivity contribution in [3.8, 4) is 0 Å². The monoisotopic (exact) mass is 243 g/mol. The average Bonchev–Trinajstić information content (AvgIpc) is 1.85. The van der Waals surface area contributed by atoms with Crippen LogP contribution < -0.4 is 5.73 Å². The number of rotatable bonds is 4. The summed E-state index contributed by atoms with van der Waals surface area (Å²) in [5.41, 5.74) is 4.58. The van der Waals surface area contributed by atoms with Gasteiger partial charge in [-0.25, -0.2) is 4.79 Å². The van der Waals surface area contributed by atoms with Crippen LogP contribution in [0.5, 0.6) is 0 Å². The van der Waals surface area contributed by atoms with Gasteiger partial charge in [0.2, 0.25) is 0 Å². The van der Waals surface area contributed by atoms with E-state index in [1.807, 2.05) is 0 Å². The number of carbonyl (C=O) groups is 1. The van der Waals surface area contributed by atoms with E-state index in [0.717, 1.165) is 6.08 Å². The maximum atomic E-state index is 12.5. The van der Waals surface area contributed by atoms with Crippen LogP contribution in [0.4, 0.5) is 13.6 Å². The molecule has 0 radical (unpaired) electrons. The van der Waals surface area contributed by atoms with Crippen molar-refractivity contribution in [2.75, 3.05) is 6.61 Å². The normalized spacial score (nSPS) is 13.6. The molecule has 0 bridgehead atoms. The molecule has 0 aliphatic carbocycles. The molecule has 70 valence electrons. The zero-order valence-electron chi connectivity index (χ0n) is 6.10. The van der Waals surface area contributed by atoms with E-state index in [0.29, 0.717) is 0 Å². The Morgan fingerprint density at radius 2 is 2.33 bits per heavy atom. The first-order valence-electron chi connectivity index (χ1n) is 2.99. The van der Waals surface area contributed by atoms with Crippen molar-refractivity contribution in [1.82, 2.24) is 0 Å². The van der Waals surface area contributed by atoms with Crippen LogP contribution in [-0.4, -0.2) is 17.5 Å². The first-order valence-corrected chi connectivity index (χ1v) is 3.78. The highest BCUT2D eigenvalue weighted by molar-refractivity contribution is 9.10. The molecule has 0 fully saturated rings. The Balaban J connectivity index is 4.01. The number of halogens is 3. The van der Waals surface area contributed by atoms with Crippen molar-refractivity contribution in [2.24, 2.45) is 11.7 Å². The SMILES string of the molecule is C=CC(COC(N)=O)C(F)(F)Br. The van der Waals surface area contributed by atoms with Crippen LogP contribution in [0.15, 0.2) is 12.7 Å². The number of carbonyl (C=O) groups excluding carboxylic acids is 1. The van der Waals surface area contributed by atoms with E-state index < -0.39 is 23.4 Å². The molecule has 1 amide bonds. The molecule has 1 unspecified atom stereocenters. The average molecular weight is 244 g/mol. The molecule has 0 saturated heterocycles. The zero-order valence-corrected chi connectivity index (χ0v) is 7.68. The molecule has 0 aliphatic rings. The van der Waals surface area contributed by atoms with Crippen molar-refractivity contribution >= 4 is 22.0 Å². The maximum absolute atomic E-state index is 12.5. The summed E-state index contributed by atoms with van der Waals surface area (Å²) in [5.74, 6) is -1.27. The van der Waals surface area contributed by atoms with E-state index in [-0.39, 0.29) is 0 Å². The summed E-state index contributed by atoms with van der Waals surface area (Å²) >= 11 is 2.12.